The van der Waals surface area contributed by atoms with Crippen LogP contribution in [0.3, 0.4) is 0 Å². The quantitative estimate of drug-likeness (QED) is 0.385. The Bertz CT molecular complexity index is 793. The summed E-state index contributed by atoms with van der Waals surface area (Å²) in [6, 6.07) is 8.43. The molecule has 2 rings (SSSR count). The molecule has 0 saturated carbocycles. The largest absolute Gasteiger partial charge is 0.387 e. The van der Waals surface area contributed by atoms with E-state index in [2.05, 4.69) is 5.32 Å². The predicted octanol–water partition coefficient (Wildman–Crippen LogP) is 3.34. The van der Waals surface area contributed by atoms with Crippen molar-refractivity contribution in [1.82, 2.24) is 15.7 Å². The second-order valence-electron chi connectivity index (χ2n) is 10.4. The average Bonchev–Trinajstić information content (AvgIpc) is 2.81. The molecule has 4 N–H and O–H groups in total. The van der Waals surface area contributed by atoms with Gasteiger partial charge in [-0.1, -0.05) is 83.2 Å². The molecular weight excluding hydrogens is 434 g/mol. The molecule has 3 atom stereocenters. The minimum Gasteiger partial charge on any atom is -0.387 e. The number of hydrogen-bond donors (Lipinski definition) is 4. The maximum absolute atomic E-state index is 13.7. The minimum absolute atomic E-state index is 0.135. The lowest BCUT2D eigenvalue weighted by Gasteiger charge is -2.36. The highest BCUT2D eigenvalue weighted by atomic mass is 16.5. The fourth-order valence-electron chi connectivity index (χ4n) is 4.37. The van der Waals surface area contributed by atoms with Gasteiger partial charge in [0.1, 0.15) is 6.04 Å². The van der Waals surface area contributed by atoms with Crippen LogP contribution in [0.15, 0.2) is 30.3 Å². The highest BCUT2D eigenvalue weighted by Crippen LogP contribution is 2.25. The van der Waals surface area contributed by atoms with Crippen LogP contribution in [-0.4, -0.2) is 52.1 Å². The normalized spacial score (nSPS) is 22.4. The van der Waals surface area contributed by atoms with Crippen LogP contribution in [-0.2, 0) is 14.4 Å². The van der Waals surface area contributed by atoms with Crippen LogP contribution >= 0.6 is 0 Å². The third-order valence-electron chi connectivity index (χ3n) is 6.45. The molecule has 0 spiro atoms. The molecule has 3 unspecified atom stereocenters. The van der Waals surface area contributed by atoms with E-state index in [0.717, 1.165) is 44.1 Å². The Labute approximate surface area is 203 Å². The molecule has 1 aliphatic rings. The molecule has 190 valence electrons. The van der Waals surface area contributed by atoms with Gasteiger partial charge >= 0.3 is 0 Å². The number of amides is 3. The van der Waals surface area contributed by atoms with Gasteiger partial charge in [0.2, 0.25) is 17.7 Å². The van der Waals surface area contributed by atoms with Crippen molar-refractivity contribution in [2.75, 3.05) is 13.1 Å². The topological polar surface area (TPSA) is 119 Å². The summed E-state index contributed by atoms with van der Waals surface area (Å²) in [4.78, 5) is 40.4. The van der Waals surface area contributed by atoms with Crippen molar-refractivity contribution >= 4 is 17.7 Å². The maximum atomic E-state index is 13.7. The first-order chi connectivity index (χ1) is 16.1. The molecule has 1 heterocycles. The summed E-state index contributed by atoms with van der Waals surface area (Å²) >= 11 is 0. The van der Waals surface area contributed by atoms with Crippen LogP contribution in [0.4, 0.5) is 0 Å². The molecule has 3 amide bonds. The number of β-amino-alcohol motifs (C(OH)–C–C–N with tert-alkyl or cyclic N) is 1. The van der Waals surface area contributed by atoms with Crippen molar-refractivity contribution in [1.29, 1.82) is 0 Å². The van der Waals surface area contributed by atoms with Gasteiger partial charge < -0.3 is 15.3 Å². The lowest BCUT2D eigenvalue weighted by molar-refractivity contribution is -0.142. The van der Waals surface area contributed by atoms with Gasteiger partial charge in [-0.2, -0.15) is 0 Å². The molecule has 0 aromatic heterocycles. The number of carbonyl (C=O) groups excluding carboxylic acids is 3. The summed E-state index contributed by atoms with van der Waals surface area (Å²) in [7, 11) is 0. The van der Waals surface area contributed by atoms with Crippen LogP contribution in [0, 0.1) is 11.3 Å². The second-order valence-corrected chi connectivity index (χ2v) is 10.4. The zero-order chi connectivity index (χ0) is 25.1. The molecule has 1 saturated heterocycles. The van der Waals surface area contributed by atoms with Crippen LogP contribution in [0.5, 0.6) is 0 Å². The molecule has 0 radical (unpaired) electrons. The number of hydrogen-bond acceptors (Lipinski definition) is 5. The van der Waals surface area contributed by atoms with E-state index in [-0.39, 0.29) is 24.8 Å². The van der Waals surface area contributed by atoms with Gasteiger partial charge in [0.05, 0.1) is 12.6 Å². The van der Waals surface area contributed by atoms with Crippen molar-refractivity contribution in [3.8, 4) is 0 Å². The second kappa shape index (κ2) is 13.4. The van der Waals surface area contributed by atoms with Crippen LogP contribution < -0.4 is 10.8 Å². The Kier molecular flexibility index (Phi) is 11.0. The number of aliphatic hydroxyl groups excluding tert-OH is 1. The van der Waals surface area contributed by atoms with Crippen molar-refractivity contribution < 1.29 is 24.7 Å². The van der Waals surface area contributed by atoms with Crippen LogP contribution in [0.2, 0.25) is 0 Å². The monoisotopic (exact) mass is 475 g/mol. The molecule has 1 aromatic carbocycles. The molecular formula is C26H41N3O5. The molecule has 0 aliphatic carbocycles. The van der Waals surface area contributed by atoms with E-state index in [1.807, 2.05) is 51.1 Å². The number of nitrogens with one attached hydrogen (secondary N) is 2. The van der Waals surface area contributed by atoms with E-state index in [9.17, 15) is 19.5 Å². The van der Waals surface area contributed by atoms with E-state index in [1.54, 1.807) is 10.4 Å². The smallest absolute Gasteiger partial charge is 0.245 e. The number of hydroxylamine groups is 1. The molecule has 1 aliphatic heterocycles. The van der Waals surface area contributed by atoms with E-state index in [1.165, 1.54) is 0 Å². The summed E-state index contributed by atoms with van der Waals surface area (Å²) in [6.45, 7) is 6.31. The van der Waals surface area contributed by atoms with Gasteiger partial charge in [-0.05, 0) is 23.8 Å². The molecule has 1 aromatic rings. The lowest BCUT2D eigenvalue weighted by atomic mass is 9.84. The maximum Gasteiger partial charge on any atom is 0.245 e. The third kappa shape index (κ3) is 8.72. The molecule has 8 nitrogen and oxygen atoms in total. The van der Waals surface area contributed by atoms with Gasteiger partial charge in [0, 0.05) is 18.9 Å². The van der Waals surface area contributed by atoms with E-state index in [0.29, 0.717) is 13.0 Å². The number of nitrogens with zero attached hydrogens (tertiary/aromatic N) is 1. The average molecular weight is 476 g/mol. The van der Waals surface area contributed by atoms with Gasteiger partial charge in [0.15, 0.2) is 0 Å². The number of carbonyl (C=O) groups is 3. The zero-order valence-corrected chi connectivity index (χ0v) is 20.8. The van der Waals surface area contributed by atoms with Crippen molar-refractivity contribution in [2.45, 2.75) is 84.3 Å². The number of benzene rings is 1. The fourth-order valence-corrected chi connectivity index (χ4v) is 4.37. The Morgan fingerprint density at radius 2 is 1.71 bits per heavy atom. The Morgan fingerprint density at radius 3 is 2.32 bits per heavy atom. The first kappa shape index (κ1) is 27.8. The Hall–Kier alpha value is -2.45. The van der Waals surface area contributed by atoms with E-state index < -0.39 is 29.4 Å². The standard InChI is InChI=1S/C26H41N3O5/c1-26(2,3)23-25(33)29(18-21(30)19-13-10-8-11-14-19)16-12-7-5-4-6-9-15-20(24(32)27-23)17-22(31)28-34/h8,10-11,13-14,20-21,23,30,34H,4-7,9,12,15-18H2,1-3H3,(H,27,32)(H,28,31). The summed E-state index contributed by atoms with van der Waals surface area (Å²) in [5, 5.41) is 22.7. The Balaban J connectivity index is 2.29. The fraction of sp³-hybridized carbons (Fsp3) is 0.654. The van der Waals surface area contributed by atoms with Crippen molar-refractivity contribution in [2.24, 2.45) is 11.3 Å². The molecule has 1 fully saturated rings. The molecule has 8 heteroatoms. The number of rotatable bonds is 5. The van der Waals surface area contributed by atoms with Gasteiger partial charge in [0.25, 0.3) is 0 Å². The summed E-state index contributed by atoms with van der Waals surface area (Å²) in [5.74, 6) is -1.85. The highest BCUT2D eigenvalue weighted by molar-refractivity contribution is 5.91. The zero-order valence-electron chi connectivity index (χ0n) is 20.8. The summed E-state index contributed by atoms with van der Waals surface area (Å²) in [5.41, 5.74) is 1.77. The van der Waals surface area contributed by atoms with Crippen LogP contribution in [0.25, 0.3) is 0 Å². The van der Waals surface area contributed by atoms with E-state index >= 15 is 0 Å². The first-order valence-electron chi connectivity index (χ1n) is 12.4. The van der Waals surface area contributed by atoms with Gasteiger partial charge in [-0.15, -0.1) is 0 Å². The summed E-state index contributed by atoms with van der Waals surface area (Å²) in [6.07, 6.45) is 5.17. The molecule has 34 heavy (non-hydrogen) atoms. The van der Waals surface area contributed by atoms with Crippen LogP contribution in [0.1, 0.15) is 83.8 Å². The Morgan fingerprint density at radius 1 is 1.09 bits per heavy atom. The minimum atomic E-state index is -0.832. The first-order valence-corrected chi connectivity index (χ1v) is 12.4. The number of aliphatic hydroxyl groups is 1. The van der Waals surface area contributed by atoms with Gasteiger partial charge in [-0.3, -0.25) is 19.6 Å². The highest BCUT2D eigenvalue weighted by Gasteiger charge is 2.37. The van der Waals surface area contributed by atoms with Crippen molar-refractivity contribution in [3.05, 3.63) is 35.9 Å². The van der Waals surface area contributed by atoms with Crippen molar-refractivity contribution in [3.63, 3.8) is 0 Å². The van der Waals surface area contributed by atoms with Gasteiger partial charge in [-0.25, -0.2) is 5.48 Å². The predicted molar refractivity (Wildman–Crippen MR) is 130 cm³/mol. The lowest BCUT2D eigenvalue weighted by Crippen LogP contribution is -2.56. The van der Waals surface area contributed by atoms with E-state index in [4.69, 9.17) is 5.21 Å². The molecule has 0 bridgehead atoms. The third-order valence-corrected chi connectivity index (χ3v) is 6.45. The summed E-state index contributed by atoms with van der Waals surface area (Å²) < 4.78 is 0. The SMILES string of the molecule is CC(C)(C)C1NC(=O)C(CC(=O)NO)CCCCCCCCN(CC(O)c2ccccc2)C1=O.